The number of carbonyl (C=O) groups is 1. The van der Waals surface area contributed by atoms with Crippen molar-refractivity contribution in [1.82, 2.24) is 5.16 Å². The predicted molar refractivity (Wildman–Crippen MR) is 59.3 cm³/mol. The Labute approximate surface area is 97.3 Å². The first-order valence-corrected chi connectivity index (χ1v) is 5.12. The number of para-hydroxylation sites is 1. The SMILES string of the molecule is NCCOCOC(=O)c1noc2ccccc12. The first-order valence-electron chi connectivity index (χ1n) is 5.12. The summed E-state index contributed by atoms with van der Waals surface area (Å²) in [6.07, 6.45) is 0. The van der Waals surface area contributed by atoms with E-state index < -0.39 is 5.97 Å². The van der Waals surface area contributed by atoms with Crippen molar-refractivity contribution in [3.63, 3.8) is 0 Å². The molecule has 0 fully saturated rings. The molecule has 1 aromatic heterocycles. The van der Waals surface area contributed by atoms with Crippen molar-refractivity contribution in [2.75, 3.05) is 19.9 Å². The number of hydrogen-bond acceptors (Lipinski definition) is 6. The van der Waals surface area contributed by atoms with Gasteiger partial charge in [-0.15, -0.1) is 0 Å². The number of hydrogen-bond donors (Lipinski definition) is 1. The van der Waals surface area contributed by atoms with Crippen LogP contribution in [0.1, 0.15) is 10.5 Å². The van der Waals surface area contributed by atoms with Gasteiger partial charge in [0.2, 0.25) is 0 Å². The summed E-state index contributed by atoms with van der Waals surface area (Å²) >= 11 is 0. The summed E-state index contributed by atoms with van der Waals surface area (Å²) in [4.78, 5) is 11.6. The standard InChI is InChI=1S/C11H12N2O4/c12-5-6-15-7-16-11(14)10-8-3-1-2-4-9(8)17-13-10/h1-4H,5-7,12H2. The van der Waals surface area contributed by atoms with Gasteiger partial charge in [0.05, 0.1) is 12.0 Å². The van der Waals surface area contributed by atoms with Crippen molar-refractivity contribution in [2.45, 2.75) is 0 Å². The zero-order valence-corrected chi connectivity index (χ0v) is 9.09. The minimum atomic E-state index is -0.577. The van der Waals surface area contributed by atoms with Crippen LogP contribution >= 0.6 is 0 Å². The number of nitrogens with zero attached hydrogens (tertiary/aromatic N) is 1. The van der Waals surface area contributed by atoms with E-state index in [4.69, 9.17) is 19.7 Å². The van der Waals surface area contributed by atoms with Gasteiger partial charge in [-0.05, 0) is 12.1 Å². The first-order chi connectivity index (χ1) is 8.33. The lowest BCUT2D eigenvalue weighted by molar-refractivity contribution is -0.0295. The van der Waals surface area contributed by atoms with Crippen molar-refractivity contribution < 1.29 is 18.8 Å². The van der Waals surface area contributed by atoms with Crippen LogP contribution in [0, 0.1) is 0 Å². The van der Waals surface area contributed by atoms with E-state index in [1.54, 1.807) is 24.3 Å². The molecule has 0 spiro atoms. The molecule has 2 aromatic rings. The average molecular weight is 236 g/mol. The maximum absolute atomic E-state index is 11.6. The molecule has 0 radical (unpaired) electrons. The lowest BCUT2D eigenvalue weighted by Crippen LogP contribution is -2.14. The minimum Gasteiger partial charge on any atom is -0.434 e. The largest absolute Gasteiger partial charge is 0.434 e. The molecule has 6 heteroatoms. The van der Waals surface area contributed by atoms with Gasteiger partial charge in [-0.25, -0.2) is 4.79 Å². The number of esters is 1. The molecular weight excluding hydrogens is 224 g/mol. The van der Waals surface area contributed by atoms with Gasteiger partial charge >= 0.3 is 5.97 Å². The van der Waals surface area contributed by atoms with Crippen LogP contribution in [0.15, 0.2) is 28.8 Å². The van der Waals surface area contributed by atoms with Crippen molar-refractivity contribution in [3.05, 3.63) is 30.0 Å². The van der Waals surface area contributed by atoms with Gasteiger partial charge in [0.1, 0.15) is 0 Å². The second-order valence-electron chi connectivity index (χ2n) is 3.27. The van der Waals surface area contributed by atoms with E-state index in [0.29, 0.717) is 24.1 Å². The molecule has 0 aliphatic heterocycles. The molecule has 0 saturated carbocycles. The zero-order chi connectivity index (χ0) is 12.1. The van der Waals surface area contributed by atoms with Crippen molar-refractivity contribution in [2.24, 2.45) is 5.73 Å². The number of ether oxygens (including phenoxy) is 2. The Balaban J connectivity index is 2.04. The molecule has 2 rings (SSSR count). The molecule has 1 heterocycles. The highest BCUT2D eigenvalue weighted by Gasteiger charge is 2.16. The molecule has 0 atom stereocenters. The van der Waals surface area contributed by atoms with Crippen molar-refractivity contribution in [3.8, 4) is 0 Å². The van der Waals surface area contributed by atoms with Gasteiger partial charge in [0.25, 0.3) is 0 Å². The van der Waals surface area contributed by atoms with Gasteiger partial charge in [-0.1, -0.05) is 17.3 Å². The molecule has 0 aliphatic rings. The number of nitrogens with two attached hydrogens (primary N) is 1. The van der Waals surface area contributed by atoms with Gasteiger partial charge in [0.15, 0.2) is 18.1 Å². The molecule has 0 amide bonds. The molecule has 0 bridgehead atoms. The smallest absolute Gasteiger partial charge is 0.363 e. The van der Waals surface area contributed by atoms with E-state index in [-0.39, 0.29) is 12.5 Å². The summed E-state index contributed by atoms with van der Waals surface area (Å²) in [6.45, 7) is 0.578. The van der Waals surface area contributed by atoms with E-state index >= 15 is 0 Å². The molecule has 0 saturated heterocycles. The first kappa shape index (κ1) is 11.6. The Hall–Kier alpha value is -1.92. The zero-order valence-electron chi connectivity index (χ0n) is 9.09. The van der Waals surface area contributed by atoms with Crippen LogP contribution in [0.5, 0.6) is 0 Å². The summed E-state index contributed by atoms with van der Waals surface area (Å²) in [5.74, 6) is -0.577. The summed E-state index contributed by atoms with van der Waals surface area (Å²) in [6, 6.07) is 7.06. The van der Waals surface area contributed by atoms with Gasteiger partial charge < -0.3 is 19.7 Å². The van der Waals surface area contributed by atoms with E-state index in [0.717, 1.165) is 0 Å². The summed E-state index contributed by atoms with van der Waals surface area (Å²) in [5, 5.41) is 4.29. The van der Waals surface area contributed by atoms with Crippen LogP contribution in [0.2, 0.25) is 0 Å². The Morgan fingerprint density at radius 3 is 3.06 bits per heavy atom. The predicted octanol–water partition coefficient (Wildman–Crippen LogP) is 0.917. The van der Waals surface area contributed by atoms with Crippen LogP contribution in [-0.4, -0.2) is 31.1 Å². The van der Waals surface area contributed by atoms with Crippen molar-refractivity contribution in [1.29, 1.82) is 0 Å². The van der Waals surface area contributed by atoms with Crippen LogP contribution in [0.25, 0.3) is 11.0 Å². The van der Waals surface area contributed by atoms with Crippen LogP contribution < -0.4 is 5.73 Å². The third kappa shape index (κ3) is 2.61. The van der Waals surface area contributed by atoms with E-state index in [1.807, 2.05) is 0 Å². The Morgan fingerprint density at radius 1 is 1.41 bits per heavy atom. The molecule has 6 nitrogen and oxygen atoms in total. The van der Waals surface area contributed by atoms with E-state index in [2.05, 4.69) is 5.16 Å². The summed E-state index contributed by atoms with van der Waals surface area (Å²) < 4.78 is 14.8. The Morgan fingerprint density at radius 2 is 2.24 bits per heavy atom. The number of fused-ring (bicyclic) bond motifs is 1. The van der Waals surface area contributed by atoms with Crippen LogP contribution in [-0.2, 0) is 9.47 Å². The second-order valence-corrected chi connectivity index (χ2v) is 3.27. The molecule has 17 heavy (non-hydrogen) atoms. The number of rotatable bonds is 5. The molecule has 1 aromatic carbocycles. The van der Waals surface area contributed by atoms with Gasteiger partial charge in [-0.3, -0.25) is 0 Å². The normalized spacial score (nSPS) is 10.6. The molecule has 90 valence electrons. The average Bonchev–Trinajstić information content (AvgIpc) is 2.78. The molecule has 0 aliphatic carbocycles. The lowest BCUT2D eigenvalue weighted by Gasteiger charge is -2.02. The fourth-order valence-electron chi connectivity index (χ4n) is 1.34. The third-order valence-corrected chi connectivity index (χ3v) is 2.11. The summed E-state index contributed by atoms with van der Waals surface area (Å²) in [5.41, 5.74) is 5.92. The highest BCUT2D eigenvalue weighted by atomic mass is 16.7. The minimum absolute atomic E-state index is 0.142. The quantitative estimate of drug-likeness (QED) is 0.471. The number of benzene rings is 1. The highest BCUT2D eigenvalue weighted by molar-refractivity contribution is 6.00. The second kappa shape index (κ2) is 5.42. The fourth-order valence-corrected chi connectivity index (χ4v) is 1.34. The lowest BCUT2D eigenvalue weighted by atomic mass is 10.2. The van der Waals surface area contributed by atoms with E-state index in [9.17, 15) is 4.79 Å². The van der Waals surface area contributed by atoms with Crippen LogP contribution in [0.3, 0.4) is 0 Å². The number of carbonyl (C=O) groups excluding carboxylic acids is 1. The maximum Gasteiger partial charge on any atom is 0.363 e. The van der Waals surface area contributed by atoms with Gasteiger partial charge in [-0.2, -0.15) is 0 Å². The van der Waals surface area contributed by atoms with E-state index in [1.165, 1.54) is 0 Å². The van der Waals surface area contributed by atoms with Gasteiger partial charge in [0, 0.05) is 6.54 Å². The molecule has 0 unspecified atom stereocenters. The summed E-state index contributed by atoms with van der Waals surface area (Å²) in [7, 11) is 0. The highest BCUT2D eigenvalue weighted by Crippen LogP contribution is 2.18. The maximum atomic E-state index is 11.6. The molecular formula is C11H12N2O4. The third-order valence-electron chi connectivity index (χ3n) is 2.11. The number of aromatic nitrogens is 1. The topological polar surface area (TPSA) is 87.6 Å². The molecule has 2 N–H and O–H groups in total. The van der Waals surface area contributed by atoms with Crippen molar-refractivity contribution >= 4 is 16.9 Å². The van der Waals surface area contributed by atoms with Crippen LogP contribution in [0.4, 0.5) is 0 Å². The fraction of sp³-hybridized carbons (Fsp3) is 0.273. The Bertz CT molecular complexity index is 509. The Kier molecular flexibility index (Phi) is 3.69. The monoisotopic (exact) mass is 236 g/mol.